The number of nitrogens with zero attached hydrogens (tertiary/aromatic N) is 1. The summed E-state index contributed by atoms with van der Waals surface area (Å²) in [6.07, 6.45) is 3.15. The zero-order valence-electron chi connectivity index (χ0n) is 8.87. The summed E-state index contributed by atoms with van der Waals surface area (Å²) in [7, 11) is 0. The predicted octanol–water partition coefficient (Wildman–Crippen LogP) is 3.39. The Kier molecular flexibility index (Phi) is 4.35. The van der Waals surface area contributed by atoms with Gasteiger partial charge in [-0.05, 0) is 17.5 Å². The normalized spacial score (nSPS) is 10.6. The second-order valence-electron chi connectivity index (χ2n) is 3.06. The van der Waals surface area contributed by atoms with E-state index in [1.165, 1.54) is 29.2 Å². The maximum Gasteiger partial charge on any atom is 0.250 e. The second kappa shape index (κ2) is 6.22. The number of anilines is 1. The lowest BCUT2D eigenvalue weighted by atomic mass is 10.4. The molecular formula is C12H10N2OS2. The van der Waals surface area contributed by atoms with E-state index in [4.69, 9.17) is 0 Å². The minimum absolute atomic E-state index is 0.164. The Labute approximate surface area is 108 Å². The third-order valence-corrected chi connectivity index (χ3v) is 3.33. The van der Waals surface area contributed by atoms with Crippen molar-refractivity contribution in [2.75, 3.05) is 5.32 Å². The van der Waals surface area contributed by atoms with Gasteiger partial charge < -0.3 is 0 Å². The minimum Gasteiger partial charge on any atom is -0.298 e. The first-order chi connectivity index (χ1) is 8.34. The number of hydrogen-bond donors (Lipinski definition) is 1. The molecule has 1 aromatic carbocycles. The van der Waals surface area contributed by atoms with Crippen molar-refractivity contribution >= 4 is 34.1 Å². The fourth-order valence-corrected chi connectivity index (χ4v) is 2.30. The van der Waals surface area contributed by atoms with E-state index in [-0.39, 0.29) is 5.91 Å². The van der Waals surface area contributed by atoms with Crippen LogP contribution in [0.15, 0.2) is 58.3 Å². The number of carbonyl (C=O) groups excluding carboxylic acids is 1. The van der Waals surface area contributed by atoms with Gasteiger partial charge in [0.15, 0.2) is 5.13 Å². The fraction of sp³-hybridized carbons (Fsp3) is 0. The third-order valence-electron chi connectivity index (χ3n) is 1.83. The van der Waals surface area contributed by atoms with E-state index in [1.54, 1.807) is 11.6 Å². The Morgan fingerprint density at radius 3 is 2.88 bits per heavy atom. The molecule has 2 aromatic rings. The molecule has 1 aromatic heterocycles. The number of aromatic nitrogens is 1. The maximum atomic E-state index is 11.5. The third kappa shape index (κ3) is 4.05. The summed E-state index contributed by atoms with van der Waals surface area (Å²) in [5.41, 5.74) is 0. The number of carbonyl (C=O) groups is 1. The van der Waals surface area contributed by atoms with Crippen molar-refractivity contribution in [3.63, 3.8) is 0 Å². The smallest absolute Gasteiger partial charge is 0.250 e. The van der Waals surface area contributed by atoms with Gasteiger partial charge in [0, 0.05) is 22.5 Å². The van der Waals surface area contributed by atoms with Crippen LogP contribution in [-0.4, -0.2) is 10.9 Å². The van der Waals surface area contributed by atoms with E-state index in [9.17, 15) is 4.79 Å². The number of nitrogens with one attached hydrogen (secondary N) is 1. The van der Waals surface area contributed by atoms with Crippen LogP contribution in [0.5, 0.6) is 0 Å². The highest BCUT2D eigenvalue weighted by Crippen LogP contribution is 2.18. The average molecular weight is 262 g/mol. The van der Waals surface area contributed by atoms with Gasteiger partial charge in [0.05, 0.1) is 0 Å². The van der Waals surface area contributed by atoms with Crippen LogP contribution >= 0.6 is 23.1 Å². The first-order valence-electron chi connectivity index (χ1n) is 4.93. The van der Waals surface area contributed by atoms with Crippen LogP contribution in [-0.2, 0) is 4.79 Å². The summed E-state index contributed by atoms with van der Waals surface area (Å²) >= 11 is 2.90. The summed E-state index contributed by atoms with van der Waals surface area (Å²) in [4.78, 5) is 16.5. The van der Waals surface area contributed by atoms with Crippen LogP contribution in [0.2, 0.25) is 0 Å². The van der Waals surface area contributed by atoms with Gasteiger partial charge in [-0.15, -0.1) is 11.3 Å². The maximum absolute atomic E-state index is 11.5. The molecule has 0 aliphatic carbocycles. The molecule has 2 rings (SSSR count). The largest absolute Gasteiger partial charge is 0.298 e. The molecule has 0 aliphatic rings. The van der Waals surface area contributed by atoms with Gasteiger partial charge >= 0.3 is 0 Å². The monoisotopic (exact) mass is 262 g/mol. The van der Waals surface area contributed by atoms with Crippen molar-refractivity contribution in [2.45, 2.75) is 4.90 Å². The molecule has 0 bridgehead atoms. The SMILES string of the molecule is O=C(C=CSc1ccccc1)Nc1nccs1. The summed E-state index contributed by atoms with van der Waals surface area (Å²) in [6, 6.07) is 9.88. The van der Waals surface area contributed by atoms with E-state index in [0.717, 1.165) is 4.90 Å². The van der Waals surface area contributed by atoms with E-state index < -0.39 is 0 Å². The number of thioether (sulfide) groups is 1. The zero-order chi connectivity index (χ0) is 11.9. The van der Waals surface area contributed by atoms with Crippen LogP contribution in [0.3, 0.4) is 0 Å². The summed E-state index contributed by atoms with van der Waals surface area (Å²) in [5, 5.41) is 6.87. The van der Waals surface area contributed by atoms with E-state index in [2.05, 4.69) is 10.3 Å². The molecule has 0 saturated carbocycles. The van der Waals surface area contributed by atoms with Gasteiger partial charge in [-0.1, -0.05) is 30.0 Å². The van der Waals surface area contributed by atoms with Gasteiger partial charge in [0.1, 0.15) is 0 Å². The van der Waals surface area contributed by atoms with E-state index in [0.29, 0.717) is 5.13 Å². The first-order valence-corrected chi connectivity index (χ1v) is 6.69. The molecule has 3 nitrogen and oxygen atoms in total. The van der Waals surface area contributed by atoms with Gasteiger partial charge in [0.25, 0.3) is 5.91 Å². The summed E-state index contributed by atoms with van der Waals surface area (Å²) in [6.45, 7) is 0. The van der Waals surface area contributed by atoms with Crippen molar-refractivity contribution in [3.05, 3.63) is 53.4 Å². The topological polar surface area (TPSA) is 42.0 Å². The number of benzene rings is 1. The number of hydrogen-bond acceptors (Lipinski definition) is 4. The molecular weight excluding hydrogens is 252 g/mol. The van der Waals surface area contributed by atoms with Crippen LogP contribution < -0.4 is 5.32 Å². The summed E-state index contributed by atoms with van der Waals surface area (Å²) < 4.78 is 0. The Morgan fingerprint density at radius 1 is 1.35 bits per heavy atom. The Morgan fingerprint density at radius 2 is 2.18 bits per heavy atom. The summed E-state index contributed by atoms with van der Waals surface area (Å²) in [5.74, 6) is -0.164. The van der Waals surface area contributed by atoms with E-state index >= 15 is 0 Å². The Bertz CT molecular complexity index is 494. The molecule has 86 valence electrons. The van der Waals surface area contributed by atoms with Crippen molar-refractivity contribution < 1.29 is 4.79 Å². The van der Waals surface area contributed by atoms with Crippen LogP contribution in [0.1, 0.15) is 0 Å². The second-order valence-corrected chi connectivity index (χ2v) is 4.93. The quantitative estimate of drug-likeness (QED) is 0.678. The lowest BCUT2D eigenvalue weighted by Crippen LogP contribution is -2.06. The molecule has 5 heteroatoms. The number of amides is 1. The van der Waals surface area contributed by atoms with Crippen LogP contribution in [0, 0.1) is 0 Å². The van der Waals surface area contributed by atoms with Crippen molar-refractivity contribution in [3.8, 4) is 0 Å². The molecule has 1 amide bonds. The van der Waals surface area contributed by atoms with Crippen LogP contribution in [0.4, 0.5) is 5.13 Å². The average Bonchev–Trinajstić information content (AvgIpc) is 2.83. The molecule has 1 N–H and O–H groups in total. The van der Waals surface area contributed by atoms with Crippen LogP contribution in [0.25, 0.3) is 0 Å². The lowest BCUT2D eigenvalue weighted by molar-refractivity contribution is -0.111. The molecule has 0 saturated heterocycles. The fourth-order valence-electron chi connectivity index (χ4n) is 1.11. The van der Waals surface area contributed by atoms with Gasteiger partial charge in [0.2, 0.25) is 0 Å². The Balaban J connectivity index is 1.83. The molecule has 0 aliphatic heterocycles. The molecule has 17 heavy (non-hydrogen) atoms. The van der Waals surface area contributed by atoms with Gasteiger partial charge in [-0.3, -0.25) is 10.1 Å². The highest BCUT2D eigenvalue weighted by molar-refractivity contribution is 8.02. The van der Waals surface area contributed by atoms with Gasteiger partial charge in [-0.25, -0.2) is 4.98 Å². The molecule has 1 heterocycles. The molecule has 0 atom stereocenters. The molecule has 0 unspecified atom stereocenters. The number of rotatable bonds is 4. The van der Waals surface area contributed by atoms with E-state index in [1.807, 2.05) is 35.7 Å². The lowest BCUT2D eigenvalue weighted by Gasteiger charge is -1.96. The molecule has 0 radical (unpaired) electrons. The molecule has 0 fully saturated rings. The zero-order valence-corrected chi connectivity index (χ0v) is 10.5. The van der Waals surface area contributed by atoms with Crippen molar-refractivity contribution in [1.82, 2.24) is 4.98 Å². The first kappa shape index (κ1) is 11.9. The highest BCUT2D eigenvalue weighted by atomic mass is 32.2. The molecule has 0 spiro atoms. The predicted molar refractivity (Wildman–Crippen MR) is 72.2 cm³/mol. The Hall–Kier alpha value is -1.59. The van der Waals surface area contributed by atoms with Crippen molar-refractivity contribution in [1.29, 1.82) is 0 Å². The minimum atomic E-state index is -0.164. The number of thiazole rings is 1. The highest BCUT2D eigenvalue weighted by Gasteiger charge is 1.98. The standard InChI is InChI=1S/C12H10N2OS2/c15-11(14-12-13-7-9-17-12)6-8-16-10-4-2-1-3-5-10/h1-9H,(H,13,14,15). The van der Waals surface area contributed by atoms with Gasteiger partial charge in [-0.2, -0.15) is 0 Å². The van der Waals surface area contributed by atoms with Crippen molar-refractivity contribution in [2.24, 2.45) is 0 Å².